The molecule has 0 aromatic carbocycles. The van der Waals surface area contributed by atoms with Crippen LogP contribution in [0, 0.1) is 0 Å². The molecule has 6 heteroatoms. The smallest absolute Gasteiger partial charge is 0.305 e. The number of thioether (sulfide) groups is 2. The number of aliphatic imine (C=N–C) groups is 1. The number of carboxylic acid groups (broad SMARTS) is 1. The van der Waals surface area contributed by atoms with Gasteiger partial charge in [0.25, 0.3) is 5.91 Å². The van der Waals surface area contributed by atoms with Crippen LogP contribution in [-0.4, -0.2) is 31.9 Å². The molecule has 1 atom stereocenters. The third-order valence-electron chi connectivity index (χ3n) is 1.42. The van der Waals surface area contributed by atoms with Crippen LogP contribution in [0.3, 0.4) is 0 Å². The van der Waals surface area contributed by atoms with Gasteiger partial charge in [-0.25, -0.2) is 0 Å². The third-order valence-corrected chi connectivity index (χ3v) is 3.70. The lowest BCUT2D eigenvalue weighted by molar-refractivity contribution is -0.138. The highest BCUT2D eigenvalue weighted by Crippen LogP contribution is 2.32. The van der Waals surface area contributed by atoms with Crippen molar-refractivity contribution in [1.82, 2.24) is 0 Å². The summed E-state index contributed by atoms with van der Waals surface area (Å²) in [6.45, 7) is 4.01. The van der Waals surface area contributed by atoms with Gasteiger partial charge < -0.3 is 5.11 Å². The first kappa shape index (κ1) is 11.6. The molecule has 0 unspecified atom stereocenters. The van der Waals surface area contributed by atoms with Gasteiger partial charge in [-0.1, -0.05) is 37.4 Å². The molecular formula is C8H11NO3S2. The Balaban J connectivity index is 2.51. The molecular weight excluding hydrogens is 222 g/mol. The molecule has 0 saturated carbocycles. The molecule has 4 nitrogen and oxygen atoms in total. The summed E-state index contributed by atoms with van der Waals surface area (Å²) in [7, 11) is 0. The molecule has 0 radical (unpaired) electrons. The van der Waals surface area contributed by atoms with Gasteiger partial charge in [-0.3, -0.25) is 9.59 Å². The maximum absolute atomic E-state index is 11.2. The lowest BCUT2D eigenvalue weighted by atomic mass is 10.3. The number of aliphatic carboxylic acids is 1. The van der Waals surface area contributed by atoms with Crippen LogP contribution in [0.15, 0.2) is 4.99 Å². The highest BCUT2D eigenvalue weighted by molar-refractivity contribution is 8.39. The average molecular weight is 233 g/mol. The topological polar surface area (TPSA) is 66.7 Å². The molecule has 1 heterocycles. The van der Waals surface area contributed by atoms with Gasteiger partial charge in [0.1, 0.15) is 9.63 Å². The lowest BCUT2D eigenvalue weighted by Crippen LogP contribution is -2.15. The fourth-order valence-corrected chi connectivity index (χ4v) is 3.36. The van der Waals surface area contributed by atoms with Crippen LogP contribution in [0.25, 0.3) is 0 Å². The fraction of sp³-hybridized carbons (Fsp3) is 0.625. The predicted molar refractivity (Wildman–Crippen MR) is 58.8 cm³/mol. The molecule has 1 aliphatic rings. The number of rotatable bonds is 3. The van der Waals surface area contributed by atoms with E-state index in [0.717, 1.165) is 0 Å². The Morgan fingerprint density at radius 1 is 1.71 bits per heavy atom. The van der Waals surface area contributed by atoms with E-state index < -0.39 is 11.2 Å². The SMILES string of the molecule is CC(C)SC1=NC(=O)[C@@H](CC(=O)O)S1. The van der Waals surface area contributed by atoms with Gasteiger partial charge in [0, 0.05) is 5.25 Å². The third kappa shape index (κ3) is 3.34. The van der Waals surface area contributed by atoms with Gasteiger partial charge in [-0.15, -0.1) is 0 Å². The van der Waals surface area contributed by atoms with Gasteiger partial charge in [0.05, 0.1) is 6.42 Å². The minimum Gasteiger partial charge on any atom is -0.481 e. The van der Waals surface area contributed by atoms with Crippen LogP contribution in [-0.2, 0) is 9.59 Å². The van der Waals surface area contributed by atoms with Crippen LogP contribution in [0.5, 0.6) is 0 Å². The zero-order valence-electron chi connectivity index (χ0n) is 7.89. The molecule has 0 spiro atoms. The van der Waals surface area contributed by atoms with Crippen molar-refractivity contribution in [3.8, 4) is 0 Å². The first-order valence-electron chi connectivity index (χ1n) is 4.16. The Labute approximate surface area is 90.5 Å². The molecule has 1 aliphatic heterocycles. The number of carbonyl (C=O) groups excluding carboxylic acids is 1. The van der Waals surface area contributed by atoms with Crippen LogP contribution >= 0.6 is 23.5 Å². The Bertz CT molecular complexity index is 288. The van der Waals surface area contributed by atoms with E-state index >= 15 is 0 Å². The van der Waals surface area contributed by atoms with Crippen LogP contribution in [0.4, 0.5) is 0 Å². The van der Waals surface area contributed by atoms with E-state index in [1.165, 1.54) is 23.5 Å². The van der Waals surface area contributed by atoms with Gasteiger partial charge in [-0.2, -0.15) is 4.99 Å². The molecule has 0 aromatic rings. The van der Waals surface area contributed by atoms with Gasteiger partial charge in [0.2, 0.25) is 0 Å². The van der Waals surface area contributed by atoms with Crippen molar-refractivity contribution in [2.24, 2.45) is 4.99 Å². The minimum absolute atomic E-state index is 0.144. The molecule has 1 N–H and O–H groups in total. The standard InChI is InChI=1S/C8H11NO3S2/c1-4(2)13-8-9-7(12)5(14-8)3-6(10)11/h4-5H,3H2,1-2H3,(H,10,11)/t5-/m1/s1. The van der Waals surface area contributed by atoms with Crippen molar-refractivity contribution in [3.05, 3.63) is 0 Å². The van der Waals surface area contributed by atoms with Crippen LogP contribution in [0.2, 0.25) is 0 Å². The molecule has 0 saturated heterocycles. The van der Waals surface area contributed by atoms with Crippen molar-refractivity contribution in [2.45, 2.75) is 30.8 Å². The Morgan fingerprint density at radius 2 is 2.36 bits per heavy atom. The fourth-order valence-electron chi connectivity index (χ4n) is 0.904. The van der Waals surface area contributed by atoms with E-state index in [2.05, 4.69) is 4.99 Å². The van der Waals surface area contributed by atoms with Gasteiger partial charge in [0.15, 0.2) is 0 Å². The number of hydrogen-bond acceptors (Lipinski definition) is 4. The average Bonchev–Trinajstić information content (AvgIpc) is 2.28. The number of nitrogens with zero attached hydrogens (tertiary/aromatic N) is 1. The monoisotopic (exact) mass is 233 g/mol. The minimum atomic E-state index is -0.957. The zero-order valence-corrected chi connectivity index (χ0v) is 9.52. The summed E-state index contributed by atoms with van der Waals surface area (Å²) < 4.78 is 0.691. The summed E-state index contributed by atoms with van der Waals surface area (Å²) in [5, 5.41) is 8.38. The van der Waals surface area contributed by atoms with Crippen molar-refractivity contribution in [1.29, 1.82) is 0 Å². The van der Waals surface area contributed by atoms with Gasteiger partial charge in [-0.05, 0) is 0 Å². The molecule has 78 valence electrons. The summed E-state index contributed by atoms with van der Waals surface area (Å²) in [4.78, 5) is 25.4. The number of amides is 1. The van der Waals surface area contributed by atoms with E-state index in [1.54, 1.807) is 0 Å². The number of hydrogen-bond donors (Lipinski definition) is 1. The molecule has 14 heavy (non-hydrogen) atoms. The summed E-state index contributed by atoms with van der Waals surface area (Å²) >= 11 is 2.75. The number of carbonyl (C=O) groups is 2. The summed E-state index contributed by atoms with van der Waals surface area (Å²) in [5.41, 5.74) is 0. The van der Waals surface area contributed by atoms with Crippen molar-refractivity contribution in [2.75, 3.05) is 0 Å². The van der Waals surface area contributed by atoms with E-state index in [9.17, 15) is 9.59 Å². The Hall–Kier alpha value is -0.490. The Morgan fingerprint density at radius 3 is 2.86 bits per heavy atom. The largest absolute Gasteiger partial charge is 0.481 e. The summed E-state index contributed by atoms with van der Waals surface area (Å²) in [6.07, 6.45) is -0.144. The first-order valence-corrected chi connectivity index (χ1v) is 5.92. The summed E-state index contributed by atoms with van der Waals surface area (Å²) in [6, 6.07) is 0. The molecule has 0 aromatic heterocycles. The van der Waals surface area contributed by atoms with Gasteiger partial charge >= 0.3 is 5.97 Å². The molecule has 0 fully saturated rings. The lowest BCUT2D eigenvalue weighted by Gasteiger charge is -2.04. The Kier molecular flexibility index (Phi) is 4.00. The normalized spacial score (nSPS) is 21.5. The summed E-state index contributed by atoms with van der Waals surface area (Å²) in [5.74, 6) is -1.28. The molecule has 1 rings (SSSR count). The molecule has 0 aliphatic carbocycles. The maximum atomic E-state index is 11.2. The van der Waals surface area contributed by atoms with Crippen molar-refractivity contribution >= 4 is 39.8 Å². The van der Waals surface area contributed by atoms with E-state index in [4.69, 9.17) is 5.11 Å². The van der Waals surface area contributed by atoms with Crippen molar-refractivity contribution in [3.63, 3.8) is 0 Å². The predicted octanol–water partition coefficient (Wildman–Crippen LogP) is 1.60. The second kappa shape index (κ2) is 4.84. The number of carboxylic acids is 1. The molecule has 1 amide bonds. The molecule has 0 bridgehead atoms. The second-order valence-corrected chi connectivity index (χ2v) is 6.10. The second-order valence-electron chi connectivity index (χ2n) is 3.09. The quantitative estimate of drug-likeness (QED) is 0.802. The highest BCUT2D eigenvalue weighted by Gasteiger charge is 2.30. The zero-order chi connectivity index (χ0) is 10.7. The van der Waals surface area contributed by atoms with Crippen molar-refractivity contribution < 1.29 is 14.7 Å². The highest BCUT2D eigenvalue weighted by atomic mass is 32.2. The van der Waals surface area contributed by atoms with E-state index in [1.807, 2.05) is 13.8 Å². The van der Waals surface area contributed by atoms with Crippen LogP contribution < -0.4 is 0 Å². The van der Waals surface area contributed by atoms with Crippen LogP contribution in [0.1, 0.15) is 20.3 Å². The first-order chi connectivity index (χ1) is 6.49. The van der Waals surface area contributed by atoms with E-state index in [0.29, 0.717) is 9.63 Å². The van der Waals surface area contributed by atoms with E-state index in [-0.39, 0.29) is 12.3 Å². The maximum Gasteiger partial charge on any atom is 0.305 e.